The first-order chi connectivity index (χ1) is 8.72. The normalized spacial score (nSPS) is 10.3. The van der Waals surface area contributed by atoms with Gasteiger partial charge in [0.1, 0.15) is 0 Å². The molecule has 1 N–H and O–H groups in total. The Labute approximate surface area is 114 Å². The molecule has 2 rings (SSSR count). The van der Waals surface area contributed by atoms with E-state index in [0.29, 0.717) is 11.3 Å². The van der Waals surface area contributed by atoms with E-state index >= 15 is 0 Å². The highest BCUT2D eigenvalue weighted by atomic mass is 79.9. The van der Waals surface area contributed by atoms with Gasteiger partial charge in [0.05, 0.1) is 11.9 Å². The van der Waals surface area contributed by atoms with Crippen LogP contribution in [0.15, 0.2) is 36.7 Å². The topological polar surface area (TPSA) is 46.9 Å². The zero-order chi connectivity index (χ0) is 13.0. The van der Waals surface area contributed by atoms with E-state index in [-0.39, 0.29) is 5.91 Å². The standard InChI is InChI=1S/C13H14BrN3O/c1-2-17-9-12(8-15-17)16-13(18)11-5-3-10(7-14)4-6-11/h3-6,8-9H,2,7H2,1H3,(H,16,18). The number of rotatable bonds is 4. The molecule has 0 fully saturated rings. The number of anilines is 1. The molecule has 18 heavy (non-hydrogen) atoms. The molecule has 5 heteroatoms. The second kappa shape index (κ2) is 5.82. The van der Waals surface area contributed by atoms with Crippen LogP contribution >= 0.6 is 15.9 Å². The second-order valence-electron chi connectivity index (χ2n) is 3.87. The zero-order valence-corrected chi connectivity index (χ0v) is 11.6. The molecule has 0 saturated heterocycles. The fourth-order valence-electron chi connectivity index (χ4n) is 1.55. The van der Waals surface area contributed by atoms with Crippen LogP contribution in [0.25, 0.3) is 0 Å². The molecule has 1 amide bonds. The first-order valence-corrected chi connectivity index (χ1v) is 6.83. The third kappa shape index (κ3) is 2.98. The average molecular weight is 308 g/mol. The van der Waals surface area contributed by atoms with E-state index in [9.17, 15) is 4.79 Å². The number of halogens is 1. The first-order valence-electron chi connectivity index (χ1n) is 5.71. The number of benzene rings is 1. The van der Waals surface area contributed by atoms with Gasteiger partial charge in [-0.05, 0) is 24.6 Å². The van der Waals surface area contributed by atoms with Crippen molar-refractivity contribution in [1.29, 1.82) is 0 Å². The lowest BCUT2D eigenvalue weighted by molar-refractivity contribution is 0.102. The van der Waals surface area contributed by atoms with Gasteiger partial charge in [-0.25, -0.2) is 0 Å². The maximum atomic E-state index is 12.0. The van der Waals surface area contributed by atoms with Crippen LogP contribution in [-0.4, -0.2) is 15.7 Å². The molecule has 4 nitrogen and oxygen atoms in total. The molecule has 0 aliphatic heterocycles. The van der Waals surface area contributed by atoms with Gasteiger partial charge >= 0.3 is 0 Å². The van der Waals surface area contributed by atoms with Crippen LogP contribution in [-0.2, 0) is 11.9 Å². The van der Waals surface area contributed by atoms with Crippen molar-refractivity contribution in [2.75, 3.05) is 5.32 Å². The zero-order valence-electron chi connectivity index (χ0n) is 10.1. The maximum absolute atomic E-state index is 12.0. The highest BCUT2D eigenvalue weighted by Crippen LogP contribution is 2.11. The lowest BCUT2D eigenvalue weighted by Crippen LogP contribution is -2.11. The molecule has 0 unspecified atom stereocenters. The average Bonchev–Trinajstić information content (AvgIpc) is 2.86. The van der Waals surface area contributed by atoms with Gasteiger partial charge in [-0.2, -0.15) is 5.10 Å². The maximum Gasteiger partial charge on any atom is 0.255 e. The van der Waals surface area contributed by atoms with E-state index < -0.39 is 0 Å². The predicted molar refractivity (Wildman–Crippen MR) is 74.9 cm³/mol. The smallest absolute Gasteiger partial charge is 0.255 e. The van der Waals surface area contributed by atoms with Crippen molar-refractivity contribution in [3.63, 3.8) is 0 Å². The van der Waals surface area contributed by atoms with Crippen LogP contribution in [0.4, 0.5) is 5.69 Å². The Morgan fingerprint density at radius 2 is 2.11 bits per heavy atom. The Hall–Kier alpha value is -1.62. The van der Waals surface area contributed by atoms with Gasteiger partial charge in [0, 0.05) is 23.6 Å². The summed E-state index contributed by atoms with van der Waals surface area (Å²) < 4.78 is 1.77. The largest absolute Gasteiger partial charge is 0.319 e. The van der Waals surface area contributed by atoms with E-state index in [1.54, 1.807) is 10.9 Å². The van der Waals surface area contributed by atoms with Crippen molar-refractivity contribution in [3.8, 4) is 0 Å². The van der Waals surface area contributed by atoms with Crippen molar-refractivity contribution < 1.29 is 4.79 Å². The predicted octanol–water partition coefficient (Wildman–Crippen LogP) is 3.05. The number of nitrogens with zero attached hydrogens (tertiary/aromatic N) is 2. The number of amides is 1. The molecule has 0 atom stereocenters. The van der Waals surface area contributed by atoms with Crippen molar-refractivity contribution in [2.24, 2.45) is 0 Å². The highest BCUT2D eigenvalue weighted by Gasteiger charge is 2.07. The second-order valence-corrected chi connectivity index (χ2v) is 4.43. The van der Waals surface area contributed by atoms with E-state index in [0.717, 1.165) is 17.4 Å². The van der Waals surface area contributed by atoms with Gasteiger partial charge in [0.15, 0.2) is 0 Å². The SMILES string of the molecule is CCn1cc(NC(=O)c2ccc(CBr)cc2)cn1. The van der Waals surface area contributed by atoms with Crippen molar-refractivity contribution in [2.45, 2.75) is 18.8 Å². The van der Waals surface area contributed by atoms with Gasteiger partial charge in [-0.15, -0.1) is 0 Å². The van der Waals surface area contributed by atoms with Crippen LogP contribution in [0.5, 0.6) is 0 Å². The molecule has 0 spiro atoms. The summed E-state index contributed by atoms with van der Waals surface area (Å²) in [6.07, 6.45) is 3.46. The van der Waals surface area contributed by atoms with E-state index in [2.05, 4.69) is 26.3 Å². The summed E-state index contributed by atoms with van der Waals surface area (Å²) in [6.45, 7) is 2.79. The lowest BCUT2D eigenvalue weighted by atomic mass is 10.1. The molecule has 0 radical (unpaired) electrons. The van der Waals surface area contributed by atoms with Crippen molar-refractivity contribution in [1.82, 2.24) is 9.78 Å². The summed E-state index contributed by atoms with van der Waals surface area (Å²) >= 11 is 3.37. The van der Waals surface area contributed by atoms with Crippen LogP contribution in [0, 0.1) is 0 Å². The quantitative estimate of drug-likeness (QED) is 0.883. The summed E-state index contributed by atoms with van der Waals surface area (Å²) in [5.41, 5.74) is 2.50. The van der Waals surface area contributed by atoms with E-state index in [4.69, 9.17) is 0 Å². The first kappa shape index (κ1) is 12.8. The van der Waals surface area contributed by atoms with Crippen molar-refractivity contribution >= 4 is 27.5 Å². The minimum absolute atomic E-state index is 0.119. The Morgan fingerprint density at radius 3 is 2.67 bits per heavy atom. The summed E-state index contributed by atoms with van der Waals surface area (Å²) in [5, 5.41) is 7.71. The van der Waals surface area contributed by atoms with Crippen LogP contribution < -0.4 is 5.32 Å². The molecule has 0 aliphatic carbocycles. The summed E-state index contributed by atoms with van der Waals surface area (Å²) in [6, 6.07) is 7.49. The number of aryl methyl sites for hydroxylation is 1. The number of carbonyl (C=O) groups is 1. The van der Waals surface area contributed by atoms with Gasteiger partial charge in [0.2, 0.25) is 0 Å². The number of alkyl halides is 1. The van der Waals surface area contributed by atoms with Gasteiger partial charge < -0.3 is 5.32 Å². The van der Waals surface area contributed by atoms with Gasteiger partial charge in [-0.1, -0.05) is 28.1 Å². The number of hydrogen-bond acceptors (Lipinski definition) is 2. The Morgan fingerprint density at radius 1 is 1.39 bits per heavy atom. The molecule has 2 aromatic rings. The van der Waals surface area contributed by atoms with E-state index in [1.165, 1.54) is 0 Å². The number of carbonyl (C=O) groups excluding carboxylic acids is 1. The number of aromatic nitrogens is 2. The number of nitrogens with one attached hydrogen (secondary N) is 1. The Balaban J connectivity index is 2.06. The van der Waals surface area contributed by atoms with Crippen LogP contribution in [0.1, 0.15) is 22.8 Å². The molecule has 0 bridgehead atoms. The minimum Gasteiger partial charge on any atom is -0.319 e. The third-order valence-corrected chi connectivity index (χ3v) is 3.23. The molecule has 0 saturated carbocycles. The minimum atomic E-state index is -0.119. The summed E-state index contributed by atoms with van der Waals surface area (Å²) in [7, 11) is 0. The summed E-state index contributed by atoms with van der Waals surface area (Å²) in [4.78, 5) is 12.0. The highest BCUT2D eigenvalue weighted by molar-refractivity contribution is 9.08. The Kier molecular flexibility index (Phi) is 4.15. The molecule has 1 aromatic carbocycles. The summed E-state index contributed by atoms with van der Waals surface area (Å²) in [5.74, 6) is -0.119. The molecule has 1 heterocycles. The monoisotopic (exact) mass is 307 g/mol. The van der Waals surface area contributed by atoms with Crippen LogP contribution in [0.2, 0.25) is 0 Å². The van der Waals surface area contributed by atoms with Gasteiger partial charge in [-0.3, -0.25) is 9.48 Å². The number of hydrogen-bond donors (Lipinski definition) is 1. The Bertz CT molecular complexity index is 533. The molecular weight excluding hydrogens is 294 g/mol. The third-order valence-electron chi connectivity index (χ3n) is 2.59. The van der Waals surface area contributed by atoms with Crippen LogP contribution in [0.3, 0.4) is 0 Å². The van der Waals surface area contributed by atoms with E-state index in [1.807, 2.05) is 37.4 Å². The van der Waals surface area contributed by atoms with Crippen molar-refractivity contribution in [3.05, 3.63) is 47.8 Å². The van der Waals surface area contributed by atoms with Gasteiger partial charge in [0.25, 0.3) is 5.91 Å². The fraction of sp³-hybridized carbons (Fsp3) is 0.231. The molecule has 94 valence electrons. The molecule has 1 aromatic heterocycles. The molecular formula is C13H14BrN3O. The lowest BCUT2D eigenvalue weighted by Gasteiger charge is -2.03. The molecule has 0 aliphatic rings. The fourth-order valence-corrected chi connectivity index (χ4v) is 1.92.